The predicted octanol–water partition coefficient (Wildman–Crippen LogP) is 3.40. The molecular formula is C51H72N8O14. The topological polar surface area (TPSA) is 311 Å². The first-order chi connectivity index (χ1) is 34.6. The number of carbonyl (C=O) groups excluding carboxylic acids is 6. The number of aryl methyl sites for hydroxylation is 1. The summed E-state index contributed by atoms with van der Waals surface area (Å²) >= 11 is 0. The molecule has 0 saturated carbocycles. The molecule has 8 N–H and O–H groups in total. The summed E-state index contributed by atoms with van der Waals surface area (Å²) < 4.78 is 28.6. The van der Waals surface area contributed by atoms with Crippen molar-refractivity contribution >= 4 is 47.3 Å². The van der Waals surface area contributed by atoms with E-state index in [0.29, 0.717) is 42.4 Å². The number of carboxylic acid groups (broad SMARTS) is 1. The van der Waals surface area contributed by atoms with Crippen molar-refractivity contribution < 1.29 is 67.2 Å². The summed E-state index contributed by atoms with van der Waals surface area (Å²) in [6, 6.07) is 4.40. The second-order valence-electron chi connectivity index (χ2n) is 19.5. The van der Waals surface area contributed by atoms with Gasteiger partial charge in [0.15, 0.2) is 5.82 Å². The van der Waals surface area contributed by atoms with Gasteiger partial charge in [0.25, 0.3) is 0 Å². The van der Waals surface area contributed by atoms with Gasteiger partial charge in [-0.2, -0.15) is 4.98 Å². The van der Waals surface area contributed by atoms with Crippen molar-refractivity contribution in [2.24, 2.45) is 11.8 Å². The average molecular weight is 1020 g/mol. The third-order valence-corrected chi connectivity index (χ3v) is 12.8. The van der Waals surface area contributed by atoms with E-state index in [2.05, 4.69) is 55.0 Å². The van der Waals surface area contributed by atoms with Gasteiger partial charge >= 0.3 is 12.1 Å². The minimum absolute atomic E-state index is 0.0210. The zero-order valence-electron chi connectivity index (χ0n) is 42.8. The van der Waals surface area contributed by atoms with Crippen LogP contribution in [0, 0.1) is 18.8 Å². The number of aliphatic hydroxyl groups is 1. The molecule has 3 aliphatic heterocycles. The number of allylic oxidation sites excluding steroid dienone is 3. The number of benzene rings is 1. The quantitative estimate of drug-likeness (QED) is 0.0323. The molecule has 6 amide bonds. The number of ether oxygens (including phenoxy) is 4. The van der Waals surface area contributed by atoms with Crippen molar-refractivity contribution in [3.05, 3.63) is 77.5 Å². The molecule has 73 heavy (non-hydrogen) atoms. The minimum atomic E-state index is -1.13. The van der Waals surface area contributed by atoms with Crippen LogP contribution in [0.3, 0.4) is 0 Å². The van der Waals surface area contributed by atoms with Gasteiger partial charge in [-0.15, -0.1) is 0 Å². The minimum Gasteiger partial charge on any atom is -0.481 e. The summed E-state index contributed by atoms with van der Waals surface area (Å²) in [5, 5.41) is 40.1. The Morgan fingerprint density at radius 3 is 2.30 bits per heavy atom. The van der Waals surface area contributed by atoms with Crippen molar-refractivity contribution in [1.29, 1.82) is 0 Å². The molecule has 1 spiro atoms. The zero-order valence-corrected chi connectivity index (χ0v) is 42.8. The molecule has 5 rings (SSSR count). The normalized spacial score (nSPS) is 25.1. The van der Waals surface area contributed by atoms with E-state index in [0.717, 1.165) is 12.0 Å². The number of alkyl carbamates (subject to hydrolysis) is 1. The number of hydrogen-bond donors (Lipinski definition) is 8. The van der Waals surface area contributed by atoms with Crippen LogP contribution in [0.25, 0.3) is 0 Å². The summed E-state index contributed by atoms with van der Waals surface area (Å²) in [6.45, 7) is 15.0. The number of epoxide rings is 1. The maximum atomic E-state index is 12.9. The van der Waals surface area contributed by atoms with E-state index in [9.17, 15) is 38.7 Å². The van der Waals surface area contributed by atoms with Crippen LogP contribution in [-0.4, -0.2) is 136 Å². The van der Waals surface area contributed by atoms with Crippen molar-refractivity contribution in [3.8, 4) is 0 Å². The lowest BCUT2D eigenvalue weighted by Gasteiger charge is -2.39. The van der Waals surface area contributed by atoms with Gasteiger partial charge in [0.05, 0.1) is 43.8 Å². The van der Waals surface area contributed by atoms with E-state index >= 15 is 0 Å². The lowest BCUT2D eigenvalue weighted by Crippen LogP contribution is -2.53. The highest BCUT2D eigenvalue weighted by Crippen LogP contribution is 2.43. The number of nitrogens with one attached hydrogen (secondary N) is 6. The molecule has 0 aliphatic carbocycles. The molecular weight excluding hydrogens is 949 g/mol. The fourth-order valence-electron chi connectivity index (χ4n) is 8.33. The first kappa shape index (κ1) is 57.4. The second kappa shape index (κ2) is 27.0. The Kier molecular flexibility index (Phi) is 21.2. The Labute approximate surface area is 425 Å². The smallest absolute Gasteiger partial charge is 0.407 e. The van der Waals surface area contributed by atoms with Gasteiger partial charge in [0.1, 0.15) is 36.5 Å². The Hall–Kier alpha value is -6.49. The number of aliphatic carboxylic acids is 1. The number of anilines is 1. The van der Waals surface area contributed by atoms with Crippen molar-refractivity contribution in [2.75, 3.05) is 25.0 Å². The Morgan fingerprint density at radius 1 is 0.932 bits per heavy atom. The number of aromatic nitrogens is 2. The van der Waals surface area contributed by atoms with Crippen LogP contribution in [0.1, 0.15) is 110 Å². The molecule has 3 fully saturated rings. The molecule has 0 bridgehead atoms. The van der Waals surface area contributed by atoms with Crippen LogP contribution < -0.4 is 31.9 Å². The molecule has 3 saturated heterocycles. The molecule has 22 nitrogen and oxygen atoms in total. The number of hydrogen-bond acceptors (Lipinski definition) is 15. The third-order valence-electron chi connectivity index (χ3n) is 12.8. The van der Waals surface area contributed by atoms with Gasteiger partial charge in [-0.1, -0.05) is 74.9 Å². The highest BCUT2D eigenvalue weighted by molar-refractivity contribution is 5.98. The van der Waals surface area contributed by atoms with E-state index < -0.39 is 65.8 Å². The third kappa shape index (κ3) is 18.2. The first-order valence-corrected chi connectivity index (χ1v) is 24.8. The maximum Gasteiger partial charge on any atom is 0.407 e. The van der Waals surface area contributed by atoms with E-state index in [1.54, 1.807) is 57.2 Å². The number of rotatable bonds is 24. The number of aliphatic hydroxyl groups excluding tert-OH is 1. The molecule has 11 atom stereocenters. The SMILES string of the molecule is CC(/C=C/[C@H]1O[C@H](CC(=O)NCCNC(=O)OCc2ccc(NC(=O)[C@H](C)NC(=O)[C@@H](NC(=O)CCC(=O)O)C(C)C)cc2)C[C@@]2(CO2)[C@@H]1O)=C\C[C@@H]1O[C@H](C)[C@H](NC(=O)/C=C\[C@H](C)c2noc(C)n2)C[C@@H]1C. The summed E-state index contributed by atoms with van der Waals surface area (Å²) in [7, 11) is 0. The van der Waals surface area contributed by atoms with Crippen molar-refractivity contribution in [2.45, 2.75) is 161 Å². The van der Waals surface area contributed by atoms with Crippen LogP contribution in [0.5, 0.6) is 0 Å². The first-order valence-electron chi connectivity index (χ1n) is 24.8. The Bertz CT molecular complexity index is 2330. The highest BCUT2D eigenvalue weighted by atomic mass is 16.6. The summed E-state index contributed by atoms with van der Waals surface area (Å²) in [5.74, 6) is -2.70. The van der Waals surface area contributed by atoms with E-state index in [1.807, 2.05) is 26.8 Å². The molecule has 3 aliphatic rings. The second-order valence-corrected chi connectivity index (χ2v) is 19.5. The molecule has 1 aromatic carbocycles. The average Bonchev–Trinajstić information content (AvgIpc) is 3.98. The summed E-state index contributed by atoms with van der Waals surface area (Å²) in [4.78, 5) is 90.9. The molecule has 4 heterocycles. The van der Waals surface area contributed by atoms with E-state index in [-0.39, 0.29) is 86.8 Å². The molecule has 2 aromatic rings. The molecule has 0 radical (unpaired) electrons. The van der Waals surface area contributed by atoms with Crippen LogP contribution in [0.4, 0.5) is 10.5 Å². The van der Waals surface area contributed by atoms with Gasteiger partial charge in [-0.05, 0) is 69.2 Å². The van der Waals surface area contributed by atoms with Crippen LogP contribution in [0.15, 0.2) is 64.7 Å². The Balaban J connectivity index is 0.969. The van der Waals surface area contributed by atoms with E-state index in [4.69, 9.17) is 28.6 Å². The van der Waals surface area contributed by atoms with Crippen LogP contribution in [-0.2, 0) is 54.3 Å². The van der Waals surface area contributed by atoms with Crippen molar-refractivity contribution in [1.82, 2.24) is 36.7 Å². The number of carbonyl (C=O) groups is 7. The fraction of sp³-hybridized carbons (Fsp3) is 0.588. The van der Waals surface area contributed by atoms with Crippen LogP contribution >= 0.6 is 0 Å². The highest BCUT2D eigenvalue weighted by Gasteiger charge is 2.58. The van der Waals surface area contributed by atoms with Gasteiger partial charge in [0.2, 0.25) is 35.4 Å². The van der Waals surface area contributed by atoms with Gasteiger partial charge in [0, 0.05) is 44.5 Å². The van der Waals surface area contributed by atoms with Gasteiger partial charge in [-0.25, -0.2) is 4.79 Å². The summed E-state index contributed by atoms with van der Waals surface area (Å²) in [5.41, 5.74) is 1.21. The zero-order chi connectivity index (χ0) is 53.4. The predicted molar refractivity (Wildman–Crippen MR) is 264 cm³/mol. The monoisotopic (exact) mass is 1020 g/mol. The largest absolute Gasteiger partial charge is 0.481 e. The van der Waals surface area contributed by atoms with E-state index in [1.165, 1.54) is 13.0 Å². The van der Waals surface area contributed by atoms with Gasteiger partial charge in [-0.3, -0.25) is 28.8 Å². The Morgan fingerprint density at radius 2 is 1.64 bits per heavy atom. The number of carboxylic acids is 1. The fourth-order valence-corrected chi connectivity index (χ4v) is 8.33. The standard InChI is InChI=1S/C51H72N8O14/c1-28(2)45(58-42(61)19-20-44(63)64)49(67)54-32(6)48(66)56-36-14-12-35(13-15-36)26-69-50(68)53-22-21-52-43(62)24-37-25-51(27-70-51)46(65)40(72-37)17-10-29(3)9-16-39-31(5)23-38(33(7)71-39)57-41(60)18-11-30(4)47-55-34(8)73-59-47/h9-15,17-18,28,30-33,37-40,45-46,65H,16,19-27H2,1-8H3,(H,52,62)(H,53,68)(H,54,67)(H,56,66)(H,57,60)(H,58,61)(H,63,64)/b17-10+,18-11-,29-9+/t30-,31-,32-,33+,37+,38+,39-,40+,45-,46+,51+/m0/s1. The number of nitrogens with zero attached hydrogens (tertiary/aromatic N) is 2. The molecule has 1 aromatic heterocycles. The molecule has 0 unspecified atom stereocenters. The van der Waals surface area contributed by atoms with Crippen molar-refractivity contribution in [3.63, 3.8) is 0 Å². The van der Waals surface area contributed by atoms with Gasteiger partial charge < -0.3 is 65.6 Å². The lowest BCUT2D eigenvalue weighted by molar-refractivity contribution is -0.145. The maximum absolute atomic E-state index is 12.9. The number of amides is 6. The lowest BCUT2D eigenvalue weighted by atomic mass is 9.87. The van der Waals surface area contributed by atoms with Crippen LogP contribution in [0.2, 0.25) is 0 Å². The molecule has 22 heteroatoms. The summed E-state index contributed by atoms with van der Waals surface area (Å²) in [6.07, 6.45) is 6.98. The molecule has 400 valence electrons.